The summed E-state index contributed by atoms with van der Waals surface area (Å²) in [6.07, 6.45) is 2.29. The Kier molecular flexibility index (Phi) is 3.55. The van der Waals surface area contributed by atoms with Gasteiger partial charge in [-0.2, -0.15) is 0 Å². The lowest BCUT2D eigenvalue weighted by atomic mass is 9.95. The maximum Gasteiger partial charge on any atom is 0.137 e. The van der Waals surface area contributed by atoms with Gasteiger partial charge in [-0.25, -0.2) is 8.78 Å². The number of alkyl halides is 1. The molecule has 0 radical (unpaired) electrons. The maximum absolute atomic E-state index is 13.6. The van der Waals surface area contributed by atoms with Gasteiger partial charge in [0.15, 0.2) is 0 Å². The molecule has 0 aromatic heterocycles. The van der Waals surface area contributed by atoms with E-state index in [-0.39, 0.29) is 16.0 Å². The van der Waals surface area contributed by atoms with Crippen LogP contribution in [0.1, 0.15) is 30.7 Å². The molecular formula is C12H12BrClF2. The normalized spacial score (nSPS) is 19.6. The van der Waals surface area contributed by atoms with E-state index in [4.69, 9.17) is 11.6 Å². The standard InChI is InChI=1S/C12H12BrClF2/c1-6(7-2-3-7)12(14)8-4-11(16)9(13)5-10(8)15/h4-7,12H,2-3H2,1H3. The second-order valence-electron chi connectivity index (χ2n) is 4.39. The van der Waals surface area contributed by atoms with Crippen LogP contribution in [0.15, 0.2) is 16.6 Å². The van der Waals surface area contributed by atoms with E-state index in [9.17, 15) is 8.78 Å². The van der Waals surface area contributed by atoms with Gasteiger partial charge < -0.3 is 0 Å². The minimum atomic E-state index is -0.468. The van der Waals surface area contributed by atoms with Crippen LogP contribution < -0.4 is 0 Å². The first-order valence-corrected chi connectivity index (χ1v) is 6.52. The summed E-state index contributed by atoms with van der Waals surface area (Å²) in [6.45, 7) is 1.99. The van der Waals surface area contributed by atoms with Crippen molar-refractivity contribution in [3.05, 3.63) is 33.8 Å². The summed E-state index contributed by atoms with van der Waals surface area (Å²) in [6, 6.07) is 2.33. The molecule has 2 atom stereocenters. The highest BCUT2D eigenvalue weighted by atomic mass is 79.9. The summed E-state index contributed by atoms with van der Waals surface area (Å²) in [5, 5.41) is -0.449. The Morgan fingerprint density at radius 1 is 1.31 bits per heavy atom. The molecule has 88 valence electrons. The molecule has 1 saturated carbocycles. The van der Waals surface area contributed by atoms with Crippen molar-refractivity contribution < 1.29 is 8.78 Å². The molecule has 4 heteroatoms. The van der Waals surface area contributed by atoms with Crippen LogP contribution in [0.4, 0.5) is 8.78 Å². The lowest BCUT2D eigenvalue weighted by Crippen LogP contribution is -2.08. The van der Waals surface area contributed by atoms with Crippen molar-refractivity contribution in [3.8, 4) is 0 Å². The highest BCUT2D eigenvalue weighted by molar-refractivity contribution is 9.10. The van der Waals surface area contributed by atoms with Crippen LogP contribution in [-0.2, 0) is 0 Å². The van der Waals surface area contributed by atoms with E-state index in [0.29, 0.717) is 5.92 Å². The molecule has 2 rings (SSSR count). The van der Waals surface area contributed by atoms with Crippen LogP contribution in [-0.4, -0.2) is 0 Å². The first-order valence-electron chi connectivity index (χ1n) is 5.29. The molecule has 0 spiro atoms. The smallest absolute Gasteiger partial charge is 0.137 e. The Labute approximate surface area is 107 Å². The number of halogens is 4. The molecule has 0 amide bonds. The fourth-order valence-electron chi connectivity index (χ4n) is 1.89. The van der Waals surface area contributed by atoms with Gasteiger partial charge >= 0.3 is 0 Å². The molecule has 1 aromatic carbocycles. The molecule has 0 nitrogen and oxygen atoms in total. The maximum atomic E-state index is 13.6. The zero-order chi connectivity index (χ0) is 11.9. The lowest BCUT2D eigenvalue weighted by Gasteiger charge is -2.18. The largest absolute Gasteiger partial charge is 0.207 e. The van der Waals surface area contributed by atoms with E-state index < -0.39 is 17.0 Å². The van der Waals surface area contributed by atoms with E-state index in [1.807, 2.05) is 6.92 Å². The molecule has 0 heterocycles. The van der Waals surface area contributed by atoms with Crippen LogP contribution >= 0.6 is 27.5 Å². The molecule has 1 aromatic rings. The SMILES string of the molecule is CC(C1CC1)C(Cl)c1cc(F)c(Br)cc1F. The van der Waals surface area contributed by atoms with Crippen LogP contribution in [0.3, 0.4) is 0 Å². The van der Waals surface area contributed by atoms with Gasteiger partial charge in [0.1, 0.15) is 11.6 Å². The lowest BCUT2D eigenvalue weighted by molar-refractivity contribution is 0.471. The van der Waals surface area contributed by atoms with Gasteiger partial charge in [0.05, 0.1) is 9.85 Å². The van der Waals surface area contributed by atoms with Gasteiger partial charge in [0.2, 0.25) is 0 Å². The van der Waals surface area contributed by atoms with E-state index in [1.54, 1.807) is 0 Å². The van der Waals surface area contributed by atoms with Crippen molar-refractivity contribution in [1.29, 1.82) is 0 Å². The average molecular weight is 310 g/mol. The van der Waals surface area contributed by atoms with Gasteiger partial charge in [0, 0.05) is 5.56 Å². The Morgan fingerprint density at radius 2 is 1.94 bits per heavy atom. The fourth-order valence-corrected chi connectivity index (χ4v) is 2.58. The van der Waals surface area contributed by atoms with Gasteiger partial charge in [-0.05, 0) is 52.7 Å². The number of rotatable bonds is 3. The number of hydrogen-bond acceptors (Lipinski definition) is 0. The molecule has 1 fully saturated rings. The van der Waals surface area contributed by atoms with Crippen LogP contribution in [0.2, 0.25) is 0 Å². The minimum Gasteiger partial charge on any atom is -0.207 e. The van der Waals surface area contributed by atoms with Crippen molar-refractivity contribution >= 4 is 27.5 Å². The minimum absolute atomic E-state index is 0.136. The van der Waals surface area contributed by atoms with Gasteiger partial charge in [-0.3, -0.25) is 0 Å². The fraction of sp³-hybridized carbons (Fsp3) is 0.500. The second kappa shape index (κ2) is 4.61. The number of hydrogen-bond donors (Lipinski definition) is 0. The molecule has 2 unspecified atom stereocenters. The van der Waals surface area contributed by atoms with E-state index in [0.717, 1.165) is 18.9 Å². The highest BCUT2D eigenvalue weighted by Crippen LogP contribution is 2.46. The average Bonchev–Trinajstić information content (AvgIpc) is 3.05. The Bertz CT molecular complexity index is 404. The van der Waals surface area contributed by atoms with E-state index >= 15 is 0 Å². The monoisotopic (exact) mass is 308 g/mol. The Balaban J connectivity index is 2.28. The molecule has 0 N–H and O–H groups in total. The quantitative estimate of drug-likeness (QED) is 0.541. The van der Waals surface area contributed by atoms with Crippen molar-refractivity contribution in [2.45, 2.75) is 25.1 Å². The summed E-state index contributed by atoms with van der Waals surface area (Å²) >= 11 is 9.15. The highest BCUT2D eigenvalue weighted by Gasteiger charge is 2.34. The predicted molar refractivity (Wildman–Crippen MR) is 64.5 cm³/mol. The Hall–Kier alpha value is -0.150. The van der Waals surface area contributed by atoms with Crippen LogP contribution in [0.25, 0.3) is 0 Å². The zero-order valence-electron chi connectivity index (χ0n) is 8.81. The van der Waals surface area contributed by atoms with Gasteiger partial charge in [0.25, 0.3) is 0 Å². The molecule has 16 heavy (non-hydrogen) atoms. The summed E-state index contributed by atoms with van der Waals surface area (Å²) in [5.74, 6) is -0.156. The summed E-state index contributed by atoms with van der Waals surface area (Å²) in [5.41, 5.74) is 0.266. The summed E-state index contributed by atoms with van der Waals surface area (Å²) in [7, 11) is 0. The predicted octanol–water partition coefficient (Wildman–Crippen LogP) is 5.05. The first-order chi connectivity index (χ1) is 7.50. The molecular weight excluding hydrogens is 297 g/mol. The Morgan fingerprint density at radius 3 is 2.50 bits per heavy atom. The van der Waals surface area contributed by atoms with E-state index in [2.05, 4.69) is 15.9 Å². The van der Waals surface area contributed by atoms with Gasteiger partial charge in [-0.1, -0.05) is 6.92 Å². The van der Waals surface area contributed by atoms with Crippen molar-refractivity contribution in [1.82, 2.24) is 0 Å². The van der Waals surface area contributed by atoms with Crippen LogP contribution in [0, 0.1) is 23.5 Å². The first kappa shape index (κ1) is 12.3. The van der Waals surface area contributed by atoms with Crippen molar-refractivity contribution in [3.63, 3.8) is 0 Å². The molecule has 0 aliphatic heterocycles. The topological polar surface area (TPSA) is 0 Å². The molecule has 1 aliphatic carbocycles. The van der Waals surface area contributed by atoms with Crippen LogP contribution in [0.5, 0.6) is 0 Å². The summed E-state index contributed by atoms with van der Waals surface area (Å²) in [4.78, 5) is 0. The summed E-state index contributed by atoms with van der Waals surface area (Å²) < 4.78 is 27.1. The third-order valence-corrected chi connectivity index (χ3v) is 4.40. The third kappa shape index (κ3) is 2.40. The molecule has 1 aliphatic rings. The van der Waals surface area contributed by atoms with E-state index in [1.165, 1.54) is 6.07 Å². The van der Waals surface area contributed by atoms with Crippen molar-refractivity contribution in [2.24, 2.45) is 11.8 Å². The van der Waals surface area contributed by atoms with Crippen molar-refractivity contribution in [2.75, 3.05) is 0 Å². The molecule has 0 saturated heterocycles. The molecule has 0 bridgehead atoms. The zero-order valence-corrected chi connectivity index (χ0v) is 11.2. The number of benzene rings is 1. The third-order valence-electron chi connectivity index (χ3n) is 3.16. The second-order valence-corrected chi connectivity index (χ2v) is 5.71. The van der Waals surface area contributed by atoms with Gasteiger partial charge in [-0.15, -0.1) is 11.6 Å².